The van der Waals surface area contributed by atoms with Crippen LogP contribution < -0.4 is 4.90 Å². The van der Waals surface area contributed by atoms with Gasteiger partial charge in [0.25, 0.3) is 0 Å². The third-order valence-electron chi connectivity index (χ3n) is 3.11. The molecule has 0 saturated heterocycles. The van der Waals surface area contributed by atoms with Crippen LogP contribution in [0.4, 0.5) is 10.8 Å². The Morgan fingerprint density at radius 1 is 1.43 bits per heavy atom. The summed E-state index contributed by atoms with van der Waals surface area (Å²) in [5.74, 6) is -0.966. The summed E-state index contributed by atoms with van der Waals surface area (Å²) in [6, 6.07) is 7.98. The predicted molar refractivity (Wildman–Crippen MR) is 83.6 cm³/mol. The first kappa shape index (κ1) is 15.5. The quantitative estimate of drug-likeness (QED) is 0.885. The van der Waals surface area contributed by atoms with Crippen LogP contribution in [0.15, 0.2) is 24.3 Å². The number of ether oxygens (including phenoxy) is 1. The Morgan fingerprint density at radius 2 is 2.14 bits per heavy atom. The number of hydrogen-bond acceptors (Lipinski definition) is 5. The Balaban J connectivity index is 2.46. The maximum atomic E-state index is 11.3. The summed E-state index contributed by atoms with van der Waals surface area (Å²) in [7, 11) is 1.53. The minimum atomic E-state index is -0.966. The molecule has 5 nitrogen and oxygen atoms in total. The molecule has 0 unspecified atom stereocenters. The van der Waals surface area contributed by atoms with Gasteiger partial charge in [-0.3, -0.25) is 0 Å². The summed E-state index contributed by atoms with van der Waals surface area (Å²) in [6.45, 7) is 4.96. The monoisotopic (exact) mass is 306 g/mol. The molecule has 6 heteroatoms. The molecule has 0 spiro atoms. The Kier molecular flexibility index (Phi) is 4.93. The van der Waals surface area contributed by atoms with Crippen molar-refractivity contribution in [3.8, 4) is 0 Å². The first-order chi connectivity index (χ1) is 10.1. The van der Waals surface area contributed by atoms with E-state index in [1.165, 1.54) is 18.4 Å². The number of carboxylic acids is 1. The maximum absolute atomic E-state index is 11.3. The zero-order valence-electron chi connectivity index (χ0n) is 12.3. The van der Waals surface area contributed by atoms with Gasteiger partial charge in [-0.25, -0.2) is 9.78 Å². The molecular weight excluding hydrogens is 288 g/mol. The van der Waals surface area contributed by atoms with Gasteiger partial charge in [0.1, 0.15) is 4.88 Å². The standard InChI is InChI=1S/C15H18N2O3S/c1-4-17(12-8-6-5-7-10(12)2)15-16-11(9-20-3)13(21-15)14(18)19/h5-8H,4,9H2,1-3H3,(H,18,19). The van der Waals surface area contributed by atoms with E-state index in [4.69, 9.17) is 4.74 Å². The summed E-state index contributed by atoms with van der Waals surface area (Å²) >= 11 is 1.18. The molecule has 0 bridgehead atoms. The molecule has 0 atom stereocenters. The first-order valence-electron chi connectivity index (χ1n) is 6.63. The molecule has 0 amide bonds. The van der Waals surface area contributed by atoms with Gasteiger partial charge in [0.15, 0.2) is 5.13 Å². The Labute approximate surface area is 127 Å². The highest BCUT2D eigenvalue weighted by atomic mass is 32.1. The lowest BCUT2D eigenvalue weighted by molar-refractivity contribution is 0.0697. The third kappa shape index (κ3) is 3.22. The largest absolute Gasteiger partial charge is 0.477 e. The molecule has 0 aliphatic carbocycles. The molecule has 21 heavy (non-hydrogen) atoms. The molecule has 1 aromatic heterocycles. The van der Waals surface area contributed by atoms with E-state index in [-0.39, 0.29) is 11.5 Å². The van der Waals surface area contributed by atoms with E-state index in [2.05, 4.69) is 4.98 Å². The van der Waals surface area contributed by atoms with Gasteiger partial charge in [-0.05, 0) is 25.5 Å². The van der Waals surface area contributed by atoms with Gasteiger partial charge in [-0.1, -0.05) is 29.5 Å². The lowest BCUT2D eigenvalue weighted by Crippen LogP contribution is -2.16. The van der Waals surface area contributed by atoms with Crippen molar-refractivity contribution in [3.05, 3.63) is 40.4 Å². The highest BCUT2D eigenvalue weighted by Gasteiger charge is 2.21. The molecule has 0 radical (unpaired) electrons. The van der Waals surface area contributed by atoms with E-state index >= 15 is 0 Å². The molecule has 0 fully saturated rings. The average Bonchev–Trinajstić information content (AvgIpc) is 2.86. The van der Waals surface area contributed by atoms with Gasteiger partial charge >= 0.3 is 5.97 Å². The van der Waals surface area contributed by atoms with E-state index in [1.807, 2.05) is 43.0 Å². The molecule has 0 aliphatic rings. The van der Waals surface area contributed by atoms with Crippen molar-refractivity contribution in [2.75, 3.05) is 18.6 Å². The zero-order chi connectivity index (χ0) is 15.4. The molecule has 1 N–H and O–H groups in total. The number of aromatic nitrogens is 1. The van der Waals surface area contributed by atoms with Crippen LogP contribution in [0.5, 0.6) is 0 Å². The number of hydrogen-bond donors (Lipinski definition) is 1. The van der Waals surface area contributed by atoms with E-state index < -0.39 is 5.97 Å². The number of aryl methyl sites for hydroxylation is 1. The van der Waals surface area contributed by atoms with Crippen LogP contribution in [0.25, 0.3) is 0 Å². The van der Waals surface area contributed by atoms with Crippen molar-refractivity contribution in [2.45, 2.75) is 20.5 Å². The predicted octanol–water partition coefficient (Wildman–Crippen LogP) is 3.45. The zero-order valence-corrected chi connectivity index (χ0v) is 13.1. The van der Waals surface area contributed by atoms with Gasteiger partial charge in [0.2, 0.25) is 0 Å². The lowest BCUT2D eigenvalue weighted by Gasteiger charge is -2.21. The van der Waals surface area contributed by atoms with Gasteiger partial charge in [-0.2, -0.15) is 0 Å². The Bertz CT molecular complexity index is 640. The molecular formula is C15H18N2O3S. The van der Waals surface area contributed by atoms with Crippen LogP contribution in [0, 0.1) is 6.92 Å². The minimum Gasteiger partial charge on any atom is -0.477 e. The topological polar surface area (TPSA) is 62.7 Å². The number of nitrogens with zero attached hydrogens (tertiary/aromatic N) is 2. The summed E-state index contributed by atoms with van der Waals surface area (Å²) in [5.41, 5.74) is 2.63. The second kappa shape index (κ2) is 6.69. The van der Waals surface area contributed by atoms with Crippen molar-refractivity contribution in [2.24, 2.45) is 0 Å². The van der Waals surface area contributed by atoms with Crippen molar-refractivity contribution >= 4 is 28.1 Å². The maximum Gasteiger partial charge on any atom is 0.347 e. The molecule has 112 valence electrons. The summed E-state index contributed by atoms with van der Waals surface area (Å²) < 4.78 is 5.04. The fourth-order valence-corrected chi connectivity index (χ4v) is 3.12. The fraction of sp³-hybridized carbons (Fsp3) is 0.333. The molecule has 0 aliphatic heterocycles. The number of rotatable bonds is 6. The number of carboxylic acid groups (broad SMARTS) is 1. The highest BCUT2D eigenvalue weighted by molar-refractivity contribution is 7.17. The highest BCUT2D eigenvalue weighted by Crippen LogP contribution is 2.33. The van der Waals surface area contributed by atoms with E-state index in [1.54, 1.807) is 0 Å². The number of para-hydroxylation sites is 1. The SMILES string of the molecule is CCN(c1nc(COC)c(C(=O)O)s1)c1ccccc1C. The van der Waals surface area contributed by atoms with Crippen LogP contribution in [0.2, 0.25) is 0 Å². The Hall–Kier alpha value is -1.92. The second-order valence-corrected chi connectivity index (χ2v) is 5.52. The number of methoxy groups -OCH3 is 1. The molecule has 2 aromatic rings. The fourth-order valence-electron chi connectivity index (χ4n) is 2.13. The first-order valence-corrected chi connectivity index (χ1v) is 7.45. The number of benzene rings is 1. The van der Waals surface area contributed by atoms with Crippen molar-refractivity contribution in [1.29, 1.82) is 0 Å². The third-order valence-corrected chi connectivity index (χ3v) is 4.22. The Morgan fingerprint density at radius 3 is 2.71 bits per heavy atom. The number of anilines is 2. The normalized spacial score (nSPS) is 10.6. The average molecular weight is 306 g/mol. The molecule has 1 aromatic carbocycles. The van der Waals surface area contributed by atoms with E-state index in [0.29, 0.717) is 17.4 Å². The van der Waals surface area contributed by atoms with E-state index in [9.17, 15) is 9.90 Å². The van der Waals surface area contributed by atoms with Gasteiger partial charge in [0, 0.05) is 19.3 Å². The van der Waals surface area contributed by atoms with Crippen LogP contribution in [-0.2, 0) is 11.3 Å². The van der Waals surface area contributed by atoms with Crippen LogP contribution >= 0.6 is 11.3 Å². The van der Waals surface area contributed by atoms with Gasteiger partial charge in [0.05, 0.1) is 12.3 Å². The molecule has 1 heterocycles. The van der Waals surface area contributed by atoms with E-state index in [0.717, 1.165) is 11.3 Å². The lowest BCUT2D eigenvalue weighted by atomic mass is 10.2. The number of carbonyl (C=O) groups is 1. The second-order valence-electron chi connectivity index (χ2n) is 4.54. The van der Waals surface area contributed by atoms with Crippen molar-refractivity contribution < 1.29 is 14.6 Å². The smallest absolute Gasteiger partial charge is 0.347 e. The minimum absolute atomic E-state index is 0.198. The summed E-state index contributed by atoms with van der Waals surface area (Å²) in [5, 5.41) is 9.96. The molecule has 0 saturated carbocycles. The molecule has 2 rings (SSSR count). The van der Waals surface area contributed by atoms with Crippen molar-refractivity contribution in [1.82, 2.24) is 4.98 Å². The van der Waals surface area contributed by atoms with Crippen molar-refractivity contribution in [3.63, 3.8) is 0 Å². The van der Waals surface area contributed by atoms with Gasteiger partial charge < -0.3 is 14.7 Å². The number of thiazole rings is 1. The number of aromatic carboxylic acids is 1. The van der Waals surface area contributed by atoms with Crippen LogP contribution in [0.1, 0.15) is 27.9 Å². The van der Waals surface area contributed by atoms with Crippen LogP contribution in [-0.4, -0.2) is 29.7 Å². The summed E-state index contributed by atoms with van der Waals surface area (Å²) in [6.07, 6.45) is 0. The van der Waals surface area contributed by atoms with Crippen LogP contribution in [0.3, 0.4) is 0 Å². The van der Waals surface area contributed by atoms with Gasteiger partial charge in [-0.15, -0.1) is 0 Å². The summed E-state index contributed by atoms with van der Waals surface area (Å²) in [4.78, 5) is 18.0.